The van der Waals surface area contributed by atoms with Crippen LogP contribution in [-0.2, 0) is 4.79 Å². The van der Waals surface area contributed by atoms with Crippen LogP contribution in [-0.4, -0.2) is 24.5 Å². The Hall–Kier alpha value is -0.570. The summed E-state index contributed by atoms with van der Waals surface area (Å²) < 4.78 is 0. The lowest BCUT2D eigenvalue weighted by atomic mass is 10.0. The van der Waals surface area contributed by atoms with Gasteiger partial charge in [0.1, 0.15) is 0 Å². The van der Waals surface area contributed by atoms with Crippen LogP contribution in [0.15, 0.2) is 0 Å². The highest BCUT2D eigenvalue weighted by atomic mass is 16.2. The molecule has 0 heterocycles. The quantitative estimate of drug-likeness (QED) is 0.532. The van der Waals surface area contributed by atoms with Crippen molar-refractivity contribution in [2.45, 2.75) is 91.1 Å². The average Bonchev–Trinajstić information content (AvgIpc) is 2.39. The summed E-state index contributed by atoms with van der Waals surface area (Å²) in [5.41, 5.74) is 0. The van der Waals surface area contributed by atoms with E-state index in [2.05, 4.69) is 24.5 Å². The van der Waals surface area contributed by atoms with Crippen LogP contribution in [0.1, 0.15) is 79.1 Å². The van der Waals surface area contributed by atoms with E-state index in [0.717, 1.165) is 0 Å². The van der Waals surface area contributed by atoms with E-state index in [1.807, 2.05) is 13.8 Å². The molecule has 0 saturated carbocycles. The Morgan fingerprint density at radius 2 is 1.47 bits per heavy atom. The van der Waals surface area contributed by atoms with Crippen molar-refractivity contribution in [1.82, 2.24) is 10.6 Å². The predicted octanol–water partition coefficient (Wildman–Crippen LogP) is 3.63. The Balaban J connectivity index is 4.10. The summed E-state index contributed by atoms with van der Waals surface area (Å²) in [5, 5.41) is 6.39. The third kappa shape index (κ3) is 9.94. The zero-order valence-corrected chi connectivity index (χ0v) is 13.4. The first-order valence-corrected chi connectivity index (χ1v) is 8.19. The Labute approximate surface area is 119 Å². The number of hydrogen-bond donors (Lipinski definition) is 2. The van der Waals surface area contributed by atoms with Crippen molar-refractivity contribution in [2.75, 3.05) is 6.54 Å². The van der Waals surface area contributed by atoms with Gasteiger partial charge in [-0.15, -0.1) is 0 Å². The number of amides is 1. The standard InChI is InChI=1S/C16H34N2O/c1-5-8-10-12-15(13-11-9-6-2)18-14(4)16(19)17-7-3/h14-15,18H,5-13H2,1-4H3,(H,17,19). The van der Waals surface area contributed by atoms with Crippen LogP contribution in [0.4, 0.5) is 0 Å². The number of rotatable bonds is 12. The highest BCUT2D eigenvalue weighted by molar-refractivity contribution is 5.81. The molecule has 0 bridgehead atoms. The fraction of sp³-hybridized carbons (Fsp3) is 0.938. The van der Waals surface area contributed by atoms with Gasteiger partial charge in [-0.25, -0.2) is 0 Å². The van der Waals surface area contributed by atoms with Crippen LogP contribution in [0.5, 0.6) is 0 Å². The van der Waals surface area contributed by atoms with Crippen LogP contribution in [0, 0.1) is 0 Å². The summed E-state index contributed by atoms with van der Waals surface area (Å²) in [5.74, 6) is 0.124. The van der Waals surface area contributed by atoms with Crippen molar-refractivity contribution in [3.05, 3.63) is 0 Å². The second kappa shape index (κ2) is 12.5. The Morgan fingerprint density at radius 3 is 1.89 bits per heavy atom. The first-order valence-electron chi connectivity index (χ1n) is 8.19. The molecule has 0 aliphatic carbocycles. The molecular formula is C16H34N2O. The van der Waals surface area contributed by atoms with Crippen molar-refractivity contribution in [3.63, 3.8) is 0 Å². The third-order valence-corrected chi connectivity index (χ3v) is 3.54. The van der Waals surface area contributed by atoms with Crippen LogP contribution < -0.4 is 10.6 Å². The first kappa shape index (κ1) is 18.4. The van der Waals surface area contributed by atoms with E-state index in [4.69, 9.17) is 0 Å². The molecular weight excluding hydrogens is 236 g/mol. The highest BCUT2D eigenvalue weighted by Gasteiger charge is 2.16. The molecule has 0 saturated heterocycles. The normalized spacial score (nSPS) is 12.7. The zero-order chi connectivity index (χ0) is 14.5. The van der Waals surface area contributed by atoms with Gasteiger partial charge in [-0.3, -0.25) is 4.79 Å². The third-order valence-electron chi connectivity index (χ3n) is 3.54. The van der Waals surface area contributed by atoms with Gasteiger partial charge < -0.3 is 10.6 Å². The van der Waals surface area contributed by atoms with Crippen molar-refractivity contribution >= 4 is 5.91 Å². The molecule has 0 aromatic heterocycles. The lowest BCUT2D eigenvalue weighted by Gasteiger charge is -2.23. The van der Waals surface area contributed by atoms with Gasteiger partial charge in [0.2, 0.25) is 5.91 Å². The Kier molecular flexibility index (Phi) is 12.1. The van der Waals surface area contributed by atoms with E-state index < -0.39 is 0 Å². The van der Waals surface area contributed by atoms with E-state index >= 15 is 0 Å². The van der Waals surface area contributed by atoms with Gasteiger partial charge in [-0.2, -0.15) is 0 Å². The molecule has 3 nitrogen and oxygen atoms in total. The zero-order valence-electron chi connectivity index (χ0n) is 13.4. The predicted molar refractivity (Wildman–Crippen MR) is 83.4 cm³/mol. The Morgan fingerprint density at radius 1 is 0.947 bits per heavy atom. The van der Waals surface area contributed by atoms with Crippen LogP contribution in [0.2, 0.25) is 0 Å². The molecule has 0 aliphatic heterocycles. The van der Waals surface area contributed by atoms with Crippen LogP contribution >= 0.6 is 0 Å². The van der Waals surface area contributed by atoms with Crippen molar-refractivity contribution in [2.24, 2.45) is 0 Å². The summed E-state index contributed by atoms with van der Waals surface area (Å²) in [6.07, 6.45) is 10.0. The topological polar surface area (TPSA) is 41.1 Å². The largest absolute Gasteiger partial charge is 0.355 e. The van der Waals surface area contributed by atoms with Crippen molar-refractivity contribution < 1.29 is 4.79 Å². The molecule has 0 aromatic carbocycles. The van der Waals surface area contributed by atoms with E-state index in [0.29, 0.717) is 12.6 Å². The number of nitrogens with one attached hydrogen (secondary N) is 2. The van der Waals surface area contributed by atoms with Gasteiger partial charge in [-0.1, -0.05) is 52.4 Å². The molecule has 19 heavy (non-hydrogen) atoms. The summed E-state index contributed by atoms with van der Waals surface area (Å²) in [4.78, 5) is 11.8. The molecule has 0 fully saturated rings. The number of likely N-dealkylation sites (N-methyl/N-ethyl adjacent to an activating group) is 1. The second-order valence-corrected chi connectivity index (χ2v) is 5.47. The van der Waals surface area contributed by atoms with E-state index in [1.165, 1.54) is 51.4 Å². The molecule has 0 aromatic rings. The lowest BCUT2D eigenvalue weighted by molar-refractivity contribution is -0.122. The van der Waals surface area contributed by atoms with Crippen molar-refractivity contribution in [3.8, 4) is 0 Å². The smallest absolute Gasteiger partial charge is 0.236 e. The SMILES string of the molecule is CCCCCC(CCCCC)NC(C)C(=O)NCC. The fourth-order valence-corrected chi connectivity index (χ4v) is 2.35. The maximum atomic E-state index is 11.8. The van der Waals surface area contributed by atoms with E-state index in [-0.39, 0.29) is 11.9 Å². The molecule has 1 atom stereocenters. The molecule has 2 N–H and O–H groups in total. The van der Waals surface area contributed by atoms with Gasteiger partial charge in [-0.05, 0) is 26.7 Å². The molecule has 0 rings (SSSR count). The minimum Gasteiger partial charge on any atom is -0.355 e. The van der Waals surface area contributed by atoms with E-state index in [9.17, 15) is 4.79 Å². The first-order chi connectivity index (χ1) is 9.15. The molecule has 0 spiro atoms. The summed E-state index contributed by atoms with van der Waals surface area (Å²) in [6, 6.07) is 0.420. The maximum absolute atomic E-state index is 11.8. The molecule has 0 radical (unpaired) electrons. The van der Waals surface area contributed by atoms with Gasteiger partial charge in [0.25, 0.3) is 0 Å². The molecule has 1 unspecified atom stereocenters. The molecule has 1 amide bonds. The van der Waals surface area contributed by atoms with E-state index in [1.54, 1.807) is 0 Å². The maximum Gasteiger partial charge on any atom is 0.236 e. The lowest BCUT2D eigenvalue weighted by Crippen LogP contribution is -2.46. The number of carbonyl (C=O) groups is 1. The highest BCUT2D eigenvalue weighted by Crippen LogP contribution is 2.11. The van der Waals surface area contributed by atoms with Gasteiger partial charge in [0.15, 0.2) is 0 Å². The van der Waals surface area contributed by atoms with Crippen molar-refractivity contribution in [1.29, 1.82) is 0 Å². The fourth-order valence-electron chi connectivity index (χ4n) is 2.35. The monoisotopic (exact) mass is 270 g/mol. The van der Waals surface area contributed by atoms with Crippen LogP contribution in [0.25, 0.3) is 0 Å². The van der Waals surface area contributed by atoms with Crippen LogP contribution in [0.3, 0.4) is 0 Å². The van der Waals surface area contributed by atoms with Gasteiger partial charge in [0, 0.05) is 12.6 Å². The summed E-state index contributed by atoms with van der Waals surface area (Å²) in [6.45, 7) is 9.11. The minimum atomic E-state index is -0.0757. The average molecular weight is 270 g/mol. The minimum absolute atomic E-state index is 0.0757. The summed E-state index contributed by atoms with van der Waals surface area (Å²) >= 11 is 0. The molecule has 3 heteroatoms. The van der Waals surface area contributed by atoms with Gasteiger partial charge in [0.05, 0.1) is 6.04 Å². The molecule has 114 valence electrons. The Bertz CT molecular complexity index is 209. The number of unbranched alkanes of at least 4 members (excludes halogenated alkanes) is 4. The molecule has 0 aliphatic rings. The second-order valence-electron chi connectivity index (χ2n) is 5.47. The van der Waals surface area contributed by atoms with Gasteiger partial charge >= 0.3 is 0 Å². The number of carbonyl (C=O) groups excluding carboxylic acids is 1. The number of hydrogen-bond acceptors (Lipinski definition) is 2. The summed E-state index contributed by atoms with van der Waals surface area (Å²) in [7, 11) is 0.